The van der Waals surface area contributed by atoms with Crippen molar-refractivity contribution in [2.24, 2.45) is 5.41 Å². The van der Waals surface area contributed by atoms with Crippen molar-refractivity contribution >= 4 is 5.97 Å². The van der Waals surface area contributed by atoms with Gasteiger partial charge in [-0.25, -0.2) is 0 Å². The van der Waals surface area contributed by atoms with E-state index in [-0.39, 0.29) is 26.4 Å². The predicted molar refractivity (Wildman–Crippen MR) is 210 cm³/mol. The van der Waals surface area contributed by atoms with Gasteiger partial charge in [-0.3, -0.25) is 4.79 Å². The minimum atomic E-state index is -1.13. The van der Waals surface area contributed by atoms with E-state index in [2.05, 4.69) is 0 Å². The average molecular weight is 781 g/mol. The van der Waals surface area contributed by atoms with Crippen LogP contribution in [0.1, 0.15) is 49.3 Å². The quantitative estimate of drug-likeness (QED) is 0.112. The number of fused-ring (bicyclic) bond motifs is 1. The molecule has 0 saturated carbocycles. The molecule has 7 rings (SSSR count). The first-order chi connectivity index (χ1) is 27.7. The van der Waals surface area contributed by atoms with Crippen LogP contribution in [0.3, 0.4) is 0 Å². The first-order valence-electron chi connectivity index (χ1n) is 19.4. The molecule has 3 aliphatic heterocycles. The number of ether oxygens (including phenoxy) is 10. The molecule has 3 heterocycles. The van der Waals surface area contributed by atoms with Crippen LogP contribution in [0.5, 0.6) is 5.75 Å². The molecule has 0 aromatic heterocycles. The molecule has 3 aliphatic rings. The van der Waals surface area contributed by atoms with Crippen molar-refractivity contribution in [2.75, 3.05) is 20.3 Å². The predicted octanol–water partition coefficient (Wildman–Crippen LogP) is 7.48. The van der Waals surface area contributed by atoms with E-state index in [1.54, 1.807) is 40.2 Å². The molecule has 2 saturated heterocycles. The molecule has 0 bridgehead atoms. The Balaban J connectivity index is 1.21. The van der Waals surface area contributed by atoms with Gasteiger partial charge in [-0.05, 0) is 55.7 Å². The molecule has 57 heavy (non-hydrogen) atoms. The molecule has 11 heteroatoms. The molecule has 2 fully saturated rings. The summed E-state index contributed by atoms with van der Waals surface area (Å²) in [5.41, 5.74) is 2.89. The maximum atomic E-state index is 13.8. The van der Waals surface area contributed by atoms with Crippen molar-refractivity contribution in [2.45, 2.75) is 95.9 Å². The highest BCUT2D eigenvalue weighted by Crippen LogP contribution is 2.37. The monoisotopic (exact) mass is 780 g/mol. The highest BCUT2D eigenvalue weighted by molar-refractivity contribution is 5.75. The summed E-state index contributed by atoms with van der Waals surface area (Å²) < 4.78 is 63.9. The first kappa shape index (κ1) is 40.6. The molecule has 0 amide bonds. The maximum absolute atomic E-state index is 13.8. The number of hydrogen-bond donors (Lipinski definition) is 0. The Morgan fingerprint density at radius 1 is 0.719 bits per heavy atom. The number of benzene rings is 4. The Bertz CT molecular complexity index is 1850. The van der Waals surface area contributed by atoms with Crippen LogP contribution in [0, 0.1) is 5.41 Å². The van der Waals surface area contributed by atoms with Crippen molar-refractivity contribution in [3.63, 3.8) is 0 Å². The highest BCUT2D eigenvalue weighted by atomic mass is 16.8. The van der Waals surface area contributed by atoms with E-state index < -0.39 is 66.7 Å². The van der Waals surface area contributed by atoms with Gasteiger partial charge in [-0.2, -0.15) is 0 Å². The van der Waals surface area contributed by atoms with E-state index in [0.717, 1.165) is 28.0 Å². The van der Waals surface area contributed by atoms with Gasteiger partial charge < -0.3 is 47.4 Å². The Morgan fingerprint density at radius 2 is 1.32 bits per heavy atom. The fourth-order valence-corrected chi connectivity index (χ4v) is 6.84. The number of carbonyl (C=O) groups excluding carboxylic acids is 1. The zero-order valence-electron chi connectivity index (χ0n) is 32.8. The lowest BCUT2D eigenvalue weighted by molar-refractivity contribution is -0.346. The molecule has 0 spiro atoms. The van der Waals surface area contributed by atoms with Crippen LogP contribution >= 0.6 is 0 Å². The number of rotatable bonds is 15. The minimum absolute atomic E-state index is 0.138. The minimum Gasteiger partial charge on any atom is -0.497 e. The van der Waals surface area contributed by atoms with Gasteiger partial charge in [0, 0.05) is 5.56 Å². The Kier molecular flexibility index (Phi) is 13.7. The summed E-state index contributed by atoms with van der Waals surface area (Å²) in [6, 6.07) is 37.1. The molecular weight excluding hydrogens is 728 g/mol. The van der Waals surface area contributed by atoms with E-state index in [1.807, 2.05) is 115 Å². The van der Waals surface area contributed by atoms with Crippen LogP contribution in [-0.2, 0) is 67.2 Å². The van der Waals surface area contributed by atoms with Gasteiger partial charge in [-0.1, -0.05) is 103 Å². The summed E-state index contributed by atoms with van der Waals surface area (Å²) in [6.45, 7) is 6.64. The summed E-state index contributed by atoms with van der Waals surface area (Å²) in [5, 5.41) is 0. The van der Waals surface area contributed by atoms with Crippen LogP contribution in [0.2, 0.25) is 0 Å². The third-order valence-corrected chi connectivity index (χ3v) is 9.99. The number of hydrogen-bond acceptors (Lipinski definition) is 11. The summed E-state index contributed by atoms with van der Waals surface area (Å²) in [5.74, 6) is 0.279. The van der Waals surface area contributed by atoms with Gasteiger partial charge in [-0.15, -0.1) is 0 Å². The third kappa shape index (κ3) is 10.7. The largest absolute Gasteiger partial charge is 0.497 e. The van der Waals surface area contributed by atoms with Crippen LogP contribution in [0.15, 0.2) is 128 Å². The molecule has 0 N–H and O–H groups in total. The maximum Gasteiger partial charge on any atom is 0.311 e. The fourth-order valence-electron chi connectivity index (χ4n) is 6.84. The topological polar surface area (TPSA) is 109 Å². The lowest BCUT2D eigenvalue weighted by Gasteiger charge is -2.48. The van der Waals surface area contributed by atoms with Gasteiger partial charge >= 0.3 is 5.97 Å². The van der Waals surface area contributed by atoms with Gasteiger partial charge in [0.25, 0.3) is 0 Å². The molecule has 11 nitrogen and oxygen atoms in total. The van der Waals surface area contributed by atoms with Gasteiger partial charge in [0.1, 0.15) is 36.3 Å². The molecule has 0 aliphatic carbocycles. The van der Waals surface area contributed by atoms with Crippen molar-refractivity contribution in [1.29, 1.82) is 0 Å². The summed E-state index contributed by atoms with van der Waals surface area (Å²) in [4.78, 5) is 13.8. The second-order valence-corrected chi connectivity index (χ2v) is 15.3. The Hall–Kier alpha value is -4.59. The lowest BCUT2D eigenvalue weighted by atomic mass is 9.95. The van der Waals surface area contributed by atoms with E-state index in [0.29, 0.717) is 6.61 Å². The Morgan fingerprint density at radius 3 is 1.91 bits per heavy atom. The van der Waals surface area contributed by atoms with Crippen LogP contribution in [0.4, 0.5) is 0 Å². The standard InChI is InChI=1S/C46H52O11/c1-46(2,3)45(47)57-42-41(52-28-33-18-12-7-13-19-33)40(51-27-32-16-10-6-11-17-32)38(29-49-26-31-14-8-5-9-15-31)55-44(42)54-36-24-25-50-37-30-53-43(56-39(36)37)34-20-22-35(48-4)23-21-34/h5-25,36-44H,26-30H2,1-4H3/t36-,37-,38-,39+,40-,41+,42-,43?,44-/m1/s1. The van der Waals surface area contributed by atoms with Crippen molar-refractivity contribution in [1.82, 2.24) is 0 Å². The molecule has 4 aromatic carbocycles. The van der Waals surface area contributed by atoms with E-state index in [1.165, 1.54) is 0 Å². The fraction of sp³-hybridized carbons (Fsp3) is 0.413. The van der Waals surface area contributed by atoms with Crippen molar-refractivity contribution < 1.29 is 52.2 Å². The molecule has 302 valence electrons. The van der Waals surface area contributed by atoms with Crippen LogP contribution in [-0.4, -0.2) is 75.3 Å². The molecule has 4 aromatic rings. The number of methoxy groups -OCH3 is 1. The smallest absolute Gasteiger partial charge is 0.311 e. The van der Waals surface area contributed by atoms with Crippen molar-refractivity contribution in [3.8, 4) is 5.75 Å². The van der Waals surface area contributed by atoms with Crippen molar-refractivity contribution in [3.05, 3.63) is 150 Å². The summed E-state index contributed by atoms with van der Waals surface area (Å²) in [6.07, 6.45) is -3.53. The zero-order valence-corrected chi connectivity index (χ0v) is 32.8. The second kappa shape index (κ2) is 19.2. The normalized spacial score (nSPS) is 27.2. The number of esters is 1. The zero-order chi connectivity index (χ0) is 39.6. The molecule has 9 atom stereocenters. The molecule has 0 radical (unpaired) electrons. The summed E-state index contributed by atoms with van der Waals surface area (Å²) in [7, 11) is 1.62. The van der Waals surface area contributed by atoms with Gasteiger partial charge in [0.15, 0.2) is 24.8 Å². The lowest BCUT2D eigenvalue weighted by Crippen LogP contribution is -2.64. The molecule has 1 unspecified atom stereocenters. The third-order valence-electron chi connectivity index (χ3n) is 9.99. The second-order valence-electron chi connectivity index (χ2n) is 15.3. The van der Waals surface area contributed by atoms with E-state index >= 15 is 0 Å². The van der Waals surface area contributed by atoms with Crippen LogP contribution < -0.4 is 4.74 Å². The molecular formula is C46H52O11. The SMILES string of the molecule is COc1ccc(C2OC[C@H]3OC=C[C@@H](O[C@@H]4O[C@H](COCc5ccccc5)[C@@H](OCc5ccccc5)[C@H](OCc5ccccc5)[C@H]4OC(=O)C(C)(C)C)[C@@H]3O2)cc1. The summed E-state index contributed by atoms with van der Waals surface area (Å²) >= 11 is 0. The van der Waals surface area contributed by atoms with Crippen LogP contribution in [0.25, 0.3) is 0 Å². The number of carbonyl (C=O) groups is 1. The first-order valence-corrected chi connectivity index (χ1v) is 19.4. The van der Waals surface area contributed by atoms with Gasteiger partial charge in [0.2, 0.25) is 0 Å². The highest BCUT2D eigenvalue weighted by Gasteiger charge is 2.53. The van der Waals surface area contributed by atoms with E-state index in [4.69, 9.17) is 47.4 Å². The van der Waals surface area contributed by atoms with Gasteiger partial charge in [0.05, 0.1) is 51.8 Å². The Labute approximate surface area is 334 Å². The van der Waals surface area contributed by atoms with E-state index in [9.17, 15) is 4.79 Å². The average Bonchev–Trinajstić information content (AvgIpc) is 3.24.